The third kappa shape index (κ3) is 4.33. The number of fused-ring (bicyclic) bond motifs is 1. The summed E-state index contributed by atoms with van der Waals surface area (Å²) in [6.45, 7) is 6.39. The summed E-state index contributed by atoms with van der Waals surface area (Å²) in [7, 11) is -3.75. The quantitative estimate of drug-likeness (QED) is 0.433. The van der Waals surface area contributed by atoms with Crippen molar-refractivity contribution in [1.29, 1.82) is 0 Å². The van der Waals surface area contributed by atoms with E-state index in [0.717, 1.165) is 16.6 Å². The molecular formula is C24H25N3O3S. The Hall–Kier alpha value is -3.16. The SMILES string of the molecule is CCn1c(C(C)NS(=O)(=O)c2cccc3ccccc23)cnc1Oc1ccc(C)cc1. The Morgan fingerprint density at radius 1 is 1.03 bits per heavy atom. The van der Waals surface area contributed by atoms with Gasteiger partial charge in [-0.1, -0.05) is 54.1 Å². The van der Waals surface area contributed by atoms with Crippen molar-refractivity contribution in [3.63, 3.8) is 0 Å². The predicted octanol–water partition coefficient (Wildman–Crippen LogP) is 5.20. The van der Waals surface area contributed by atoms with Crippen molar-refractivity contribution in [3.05, 3.63) is 84.2 Å². The summed E-state index contributed by atoms with van der Waals surface area (Å²) in [5, 5.41) is 1.57. The number of aromatic nitrogens is 2. The summed E-state index contributed by atoms with van der Waals surface area (Å²) in [6, 6.07) is 20.4. The van der Waals surface area contributed by atoms with Crippen LogP contribution in [0.4, 0.5) is 0 Å². The molecule has 4 rings (SSSR count). The molecule has 0 aliphatic heterocycles. The smallest absolute Gasteiger partial charge is 0.302 e. The minimum Gasteiger partial charge on any atom is -0.426 e. The lowest BCUT2D eigenvalue weighted by molar-refractivity contribution is 0.408. The molecule has 1 atom stereocenters. The van der Waals surface area contributed by atoms with Gasteiger partial charge in [-0.05, 0) is 44.4 Å². The van der Waals surface area contributed by atoms with Crippen LogP contribution in [0.1, 0.15) is 31.1 Å². The predicted molar refractivity (Wildman–Crippen MR) is 122 cm³/mol. The van der Waals surface area contributed by atoms with E-state index in [0.29, 0.717) is 23.7 Å². The van der Waals surface area contributed by atoms with Gasteiger partial charge < -0.3 is 4.74 Å². The fourth-order valence-corrected chi connectivity index (χ4v) is 5.06. The van der Waals surface area contributed by atoms with Gasteiger partial charge in [0.05, 0.1) is 22.8 Å². The molecule has 7 heteroatoms. The van der Waals surface area contributed by atoms with Crippen LogP contribution in [0.25, 0.3) is 10.8 Å². The maximum atomic E-state index is 13.2. The van der Waals surface area contributed by atoms with Crippen LogP contribution in [0.2, 0.25) is 0 Å². The van der Waals surface area contributed by atoms with Crippen LogP contribution in [-0.2, 0) is 16.6 Å². The second-order valence-corrected chi connectivity index (χ2v) is 9.13. The molecule has 1 aromatic heterocycles. The maximum Gasteiger partial charge on any atom is 0.302 e. The highest BCUT2D eigenvalue weighted by molar-refractivity contribution is 7.89. The number of aryl methyl sites for hydroxylation is 1. The highest BCUT2D eigenvalue weighted by Crippen LogP contribution is 2.27. The Morgan fingerprint density at radius 2 is 1.74 bits per heavy atom. The van der Waals surface area contributed by atoms with Gasteiger partial charge in [0.2, 0.25) is 10.0 Å². The molecule has 0 saturated heterocycles. The molecule has 0 fully saturated rings. The summed E-state index contributed by atoms with van der Waals surface area (Å²) in [4.78, 5) is 4.64. The second kappa shape index (κ2) is 8.53. The molecule has 4 aromatic rings. The fraction of sp³-hybridized carbons (Fsp3) is 0.208. The lowest BCUT2D eigenvalue weighted by Gasteiger charge is -2.17. The zero-order valence-electron chi connectivity index (χ0n) is 17.7. The van der Waals surface area contributed by atoms with Gasteiger partial charge in [0.1, 0.15) is 5.75 Å². The van der Waals surface area contributed by atoms with Crippen molar-refractivity contribution < 1.29 is 13.2 Å². The molecule has 0 radical (unpaired) electrons. The second-order valence-electron chi connectivity index (χ2n) is 7.45. The topological polar surface area (TPSA) is 73.2 Å². The van der Waals surface area contributed by atoms with Crippen LogP contribution in [-0.4, -0.2) is 18.0 Å². The molecule has 0 aliphatic rings. The molecule has 1 heterocycles. The molecule has 3 aromatic carbocycles. The molecule has 0 aliphatic carbocycles. The van der Waals surface area contributed by atoms with E-state index in [9.17, 15) is 8.42 Å². The molecule has 0 bridgehead atoms. The summed E-state index contributed by atoms with van der Waals surface area (Å²) >= 11 is 0. The molecule has 1 N–H and O–H groups in total. The minimum atomic E-state index is -3.75. The average Bonchev–Trinajstić information content (AvgIpc) is 3.17. The van der Waals surface area contributed by atoms with Gasteiger partial charge in [-0.3, -0.25) is 4.57 Å². The number of nitrogens with one attached hydrogen (secondary N) is 1. The molecule has 31 heavy (non-hydrogen) atoms. The lowest BCUT2D eigenvalue weighted by Crippen LogP contribution is -2.28. The van der Waals surface area contributed by atoms with Crippen molar-refractivity contribution in [2.75, 3.05) is 0 Å². The van der Waals surface area contributed by atoms with E-state index in [1.807, 2.05) is 79.9 Å². The van der Waals surface area contributed by atoms with E-state index in [1.165, 1.54) is 0 Å². The lowest BCUT2D eigenvalue weighted by atomic mass is 10.1. The van der Waals surface area contributed by atoms with Crippen LogP contribution in [0.3, 0.4) is 0 Å². The van der Waals surface area contributed by atoms with Crippen LogP contribution < -0.4 is 9.46 Å². The molecule has 0 spiro atoms. The van der Waals surface area contributed by atoms with E-state index in [2.05, 4.69) is 9.71 Å². The Balaban J connectivity index is 1.61. The standard InChI is InChI=1S/C24H25N3O3S/c1-4-27-22(16-25-24(27)30-20-14-12-17(2)13-15-20)18(3)26-31(28,29)23-11-7-9-19-8-5-6-10-21(19)23/h5-16,18,26H,4H2,1-3H3. The Kier molecular flexibility index (Phi) is 5.80. The number of hydrogen-bond donors (Lipinski definition) is 1. The van der Waals surface area contributed by atoms with Crippen molar-refractivity contribution >= 4 is 20.8 Å². The van der Waals surface area contributed by atoms with Crippen molar-refractivity contribution in [3.8, 4) is 11.8 Å². The first-order valence-corrected chi connectivity index (χ1v) is 11.7. The zero-order chi connectivity index (χ0) is 22.0. The van der Waals surface area contributed by atoms with Gasteiger partial charge >= 0.3 is 6.01 Å². The Bertz CT molecular complexity index is 1310. The number of nitrogens with zero attached hydrogens (tertiary/aromatic N) is 2. The first kappa shape index (κ1) is 21.1. The van der Waals surface area contributed by atoms with Crippen LogP contribution in [0.5, 0.6) is 11.8 Å². The summed E-state index contributed by atoms with van der Waals surface area (Å²) < 4.78 is 37.0. The van der Waals surface area contributed by atoms with E-state index < -0.39 is 16.1 Å². The van der Waals surface area contributed by atoms with Crippen LogP contribution in [0, 0.1) is 6.92 Å². The first-order chi connectivity index (χ1) is 14.9. The van der Waals surface area contributed by atoms with E-state index >= 15 is 0 Å². The Morgan fingerprint density at radius 3 is 2.48 bits per heavy atom. The number of hydrogen-bond acceptors (Lipinski definition) is 4. The van der Waals surface area contributed by atoms with E-state index in [1.54, 1.807) is 18.3 Å². The molecule has 1 unspecified atom stereocenters. The number of imidazole rings is 1. The van der Waals surface area contributed by atoms with Crippen LogP contribution in [0.15, 0.2) is 77.8 Å². The zero-order valence-corrected chi connectivity index (χ0v) is 18.6. The van der Waals surface area contributed by atoms with Crippen LogP contribution >= 0.6 is 0 Å². The molecule has 0 saturated carbocycles. The highest BCUT2D eigenvalue weighted by Gasteiger charge is 2.24. The van der Waals surface area contributed by atoms with Gasteiger partial charge in [-0.15, -0.1) is 0 Å². The van der Waals surface area contributed by atoms with Crippen molar-refractivity contribution in [2.24, 2.45) is 0 Å². The molecular weight excluding hydrogens is 410 g/mol. The molecule has 6 nitrogen and oxygen atoms in total. The van der Waals surface area contributed by atoms with Gasteiger partial charge in [0.15, 0.2) is 0 Å². The number of rotatable bonds is 7. The van der Waals surface area contributed by atoms with E-state index in [-0.39, 0.29) is 4.90 Å². The third-order valence-corrected chi connectivity index (χ3v) is 6.81. The summed E-state index contributed by atoms with van der Waals surface area (Å²) in [5.74, 6) is 0.682. The number of ether oxygens (including phenoxy) is 1. The van der Waals surface area contributed by atoms with Crippen molar-refractivity contribution in [2.45, 2.75) is 38.3 Å². The fourth-order valence-electron chi connectivity index (χ4n) is 3.61. The van der Waals surface area contributed by atoms with Gasteiger partial charge in [-0.2, -0.15) is 0 Å². The number of benzene rings is 3. The van der Waals surface area contributed by atoms with Gasteiger partial charge in [-0.25, -0.2) is 18.1 Å². The summed E-state index contributed by atoms with van der Waals surface area (Å²) in [5.41, 5.74) is 1.87. The van der Waals surface area contributed by atoms with Crippen molar-refractivity contribution in [1.82, 2.24) is 14.3 Å². The molecule has 160 valence electrons. The highest BCUT2D eigenvalue weighted by atomic mass is 32.2. The van der Waals surface area contributed by atoms with Gasteiger partial charge in [0.25, 0.3) is 0 Å². The van der Waals surface area contributed by atoms with Gasteiger partial charge in [0, 0.05) is 11.9 Å². The number of sulfonamides is 1. The summed E-state index contributed by atoms with van der Waals surface area (Å²) in [6.07, 6.45) is 1.66. The normalized spacial score (nSPS) is 12.7. The minimum absolute atomic E-state index is 0.260. The average molecular weight is 436 g/mol. The first-order valence-electron chi connectivity index (χ1n) is 10.2. The van der Waals surface area contributed by atoms with E-state index in [4.69, 9.17) is 4.74 Å². The maximum absolute atomic E-state index is 13.2. The Labute approximate surface area is 182 Å². The largest absolute Gasteiger partial charge is 0.426 e. The molecule has 0 amide bonds. The monoisotopic (exact) mass is 435 g/mol. The third-order valence-electron chi connectivity index (χ3n) is 5.21.